The van der Waals surface area contributed by atoms with Crippen LogP contribution in [0.5, 0.6) is 0 Å². The van der Waals surface area contributed by atoms with Crippen LogP contribution >= 0.6 is 11.8 Å². The summed E-state index contributed by atoms with van der Waals surface area (Å²) in [6.07, 6.45) is -3.76. The van der Waals surface area contributed by atoms with Crippen molar-refractivity contribution < 1.29 is 13.2 Å². The van der Waals surface area contributed by atoms with E-state index < -0.39 is 12.0 Å². The van der Waals surface area contributed by atoms with Crippen LogP contribution in [-0.2, 0) is 6.18 Å². The molecule has 112 valence electrons. The van der Waals surface area contributed by atoms with Gasteiger partial charge in [-0.15, -0.1) is 0 Å². The van der Waals surface area contributed by atoms with E-state index in [0.29, 0.717) is 6.54 Å². The Kier molecular flexibility index (Phi) is 5.06. The second-order valence-corrected chi connectivity index (χ2v) is 5.35. The zero-order valence-corrected chi connectivity index (χ0v) is 12.1. The van der Waals surface area contributed by atoms with Gasteiger partial charge >= 0.3 is 6.18 Å². The number of nitrogens with one attached hydrogen (secondary N) is 1. The van der Waals surface area contributed by atoms with Crippen molar-refractivity contribution in [2.45, 2.75) is 29.4 Å². The molecule has 0 aliphatic carbocycles. The van der Waals surface area contributed by atoms with Crippen LogP contribution in [0.4, 0.5) is 19.0 Å². The van der Waals surface area contributed by atoms with Crippen LogP contribution in [0.15, 0.2) is 46.3 Å². The summed E-state index contributed by atoms with van der Waals surface area (Å²) in [4.78, 5) is 7.94. The van der Waals surface area contributed by atoms with Gasteiger partial charge in [-0.25, -0.2) is 9.97 Å². The largest absolute Gasteiger partial charge is 0.451 e. The molecular formula is C14H14F3N3S. The fourth-order valence-electron chi connectivity index (χ4n) is 1.56. The molecule has 0 amide bonds. The molecule has 1 heterocycles. The lowest BCUT2D eigenvalue weighted by Crippen LogP contribution is -2.14. The van der Waals surface area contributed by atoms with Crippen molar-refractivity contribution in [3.05, 3.63) is 42.2 Å². The van der Waals surface area contributed by atoms with Crippen LogP contribution in [0.1, 0.15) is 19.2 Å². The molecule has 0 saturated carbocycles. The van der Waals surface area contributed by atoms with E-state index in [4.69, 9.17) is 0 Å². The molecule has 2 rings (SSSR count). The van der Waals surface area contributed by atoms with Gasteiger partial charge in [0.2, 0.25) is 5.82 Å². The highest BCUT2D eigenvalue weighted by molar-refractivity contribution is 7.99. The fourth-order valence-corrected chi connectivity index (χ4v) is 2.39. The Morgan fingerprint density at radius 1 is 1.14 bits per heavy atom. The number of aromatic nitrogens is 2. The van der Waals surface area contributed by atoms with E-state index in [9.17, 15) is 13.2 Å². The molecule has 21 heavy (non-hydrogen) atoms. The third kappa shape index (κ3) is 4.63. The van der Waals surface area contributed by atoms with Gasteiger partial charge in [-0.05, 0) is 18.6 Å². The second-order valence-electron chi connectivity index (χ2n) is 4.25. The summed E-state index contributed by atoms with van der Waals surface area (Å²) in [6.45, 7) is 2.49. The maximum Gasteiger partial charge on any atom is 0.451 e. The molecule has 0 fully saturated rings. The second kappa shape index (κ2) is 6.80. The first-order valence-corrected chi connectivity index (χ1v) is 7.23. The fraction of sp³-hybridized carbons (Fsp3) is 0.286. The number of halogens is 3. The van der Waals surface area contributed by atoms with Gasteiger partial charge in [0.05, 0.1) is 0 Å². The Labute approximate surface area is 125 Å². The summed E-state index contributed by atoms with van der Waals surface area (Å²) in [5.74, 6) is -0.931. The van der Waals surface area contributed by atoms with E-state index in [1.807, 2.05) is 37.3 Å². The van der Waals surface area contributed by atoms with Crippen molar-refractivity contribution in [3.8, 4) is 0 Å². The minimum absolute atomic E-state index is 0.192. The monoisotopic (exact) mass is 313 g/mol. The van der Waals surface area contributed by atoms with Crippen LogP contribution in [0.25, 0.3) is 0 Å². The summed E-state index contributed by atoms with van der Waals surface area (Å²) < 4.78 is 38.5. The first-order chi connectivity index (χ1) is 9.99. The van der Waals surface area contributed by atoms with Crippen LogP contribution in [0.3, 0.4) is 0 Å². The highest BCUT2D eigenvalue weighted by Gasteiger charge is 2.35. The van der Waals surface area contributed by atoms with E-state index in [0.717, 1.165) is 11.3 Å². The van der Waals surface area contributed by atoms with Crippen molar-refractivity contribution in [2.24, 2.45) is 0 Å². The molecule has 0 aliphatic heterocycles. The quantitative estimate of drug-likeness (QED) is 0.827. The molecule has 1 aromatic heterocycles. The number of anilines is 1. The summed E-state index contributed by atoms with van der Waals surface area (Å²) >= 11 is 1.17. The van der Waals surface area contributed by atoms with Crippen LogP contribution in [-0.4, -0.2) is 16.5 Å². The van der Waals surface area contributed by atoms with Crippen LogP contribution in [0.2, 0.25) is 0 Å². The van der Waals surface area contributed by atoms with Crippen molar-refractivity contribution in [2.75, 3.05) is 11.9 Å². The van der Waals surface area contributed by atoms with Gasteiger partial charge < -0.3 is 5.32 Å². The predicted molar refractivity (Wildman–Crippen MR) is 76.4 cm³/mol. The van der Waals surface area contributed by atoms with Crippen molar-refractivity contribution >= 4 is 17.6 Å². The topological polar surface area (TPSA) is 37.8 Å². The van der Waals surface area contributed by atoms with Crippen LogP contribution < -0.4 is 5.32 Å². The number of nitrogens with zero attached hydrogens (tertiary/aromatic N) is 2. The smallest absolute Gasteiger partial charge is 0.370 e. The Balaban J connectivity index is 2.30. The average molecular weight is 313 g/mol. The van der Waals surface area contributed by atoms with Gasteiger partial charge in [-0.1, -0.05) is 36.9 Å². The minimum Gasteiger partial charge on any atom is -0.370 e. The molecule has 0 spiro atoms. The molecule has 7 heteroatoms. The maximum absolute atomic E-state index is 12.8. The summed E-state index contributed by atoms with van der Waals surface area (Å²) in [5, 5.41) is 3.13. The van der Waals surface area contributed by atoms with Crippen molar-refractivity contribution in [1.29, 1.82) is 0 Å². The van der Waals surface area contributed by atoms with Crippen LogP contribution in [0, 0.1) is 0 Å². The molecule has 0 aliphatic rings. The van der Waals surface area contributed by atoms with Crippen molar-refractivity contribution in [1.82, 2.24) is 9.97 Å². The molecular weight excluding hydrogens is 299 g/mol. The molecule has 0 radical (unpaired) electrons. The van der Waals surface area contributed by atoms with Crippen molar-refractivity contribution in [3.63, 3.8) is 0 Å². The summed E-state index contributed by atoms with van der Waals surface area (Å²) in [5.41, 5.74) is 0. The molecule has 1 N–H and O–H groups in total. The maximum atomic E-state index is 12.8. The van der Waals surface area contributed by atoms with E-state index >= 15 is 0 Å². The number of alkyl halides is 3. The number of hydrogen-bond donors (Lipinski definition) is 1. The molecule has 0 atom stereocenters. The first-order valence-electron chi connectivity index (χ1n) is 6.42. The Morgan fingerprint density at radius 3 is 2.48 bits per heavy atom. The van der Waals surface area contributed by atoms with Gasteiger partial charge in [-0.3, -0.25) is 0 Å². The van der Waals surface area contributed by atoms with E-state index in [2.05, 4.69) is 15.3 Å². The van der Waals surface area contributed by atoms with E-state index in [1.165, 1.54) is 17.8 Å². The standard InChI is InChI=1S/C14H14F3N3S/c1-2-8-18-11-9-12(20-13(19-11)14(15,16)17)21-10-6-4-3-5-7-10/h3-7,9H,2,8H2,1H3,(H,18,19,20). The average Bonchev–Trinajstić information content (AvgIpc) is 2.45. The van der Waals surface area contributed by atoms with Gasteiger partial charge in [0.25, 0.3) is 0 Å². The van der Waals surface area contributed by atoms with Gasteiger partial charge in [-0.2, -0.15) is 13.2 Å². The molecule has 0 saturated heterocycles. The molecule has 3 nitrogen and oxygen atoms in total. The molecule has 0 unspecified atom stereocenters. The van der Waals surface area contributed by atoms with Gasteiger partial charge in [0, 0.05) is 17.5 Å². The highest BCUT2D eigenvalue weighted by Crippen LogP contribution is 2.32. The zero-order chi connectivity index (χ0) is 15.3. The third-order valence-electron chi connectivity index (χ3n) is 2.48. The highest BCUT2D eigenvalue weighted by atomic mass is 32.2. The summed E-state index contributed by atoms with van der Waals surface area (Å²) in [7, 11) is 0. The molecule has 1 aromatic carbocycles. The number of rotatable bonds is 5. The molecule has 2 aromatic rings. The lowest BCUT2D eigenvalue weighted by molar-refractivity contribution is -0.145. The Bertz CT molecular complexity index is 588. The Hall–Kier alpha value is -1.76. The van der Waals surface area contributed by atoms with Gasteiger partial charge in [0.1, 0.15) is 10.8 Å². The normalized spacial score (nSPS) is 11.4. The first kappa shape index (κ1) is 15.6. The van der Waals surface area contributed by atoms with E-state index in [-0.39, 0.29) is 10.8 Å². The third-order valence-corrected chi connectivity index (χ3v) is 3.40. The Morgan fingerprint density at radius 2 is 1.86 bits per heavy atom. The zero-order valence-electron chi connectivity index (χ0n) is 11.3. The SMILES string of the molecule is CCCNc1cc(Sc2ccccc2)nc(C(F)(F)F)n1. The number of hydrogen-bond acceptors (Lipinski definition) is 4. The molecule has 0 bridgehead atoms. The predicted octanol–water partition coefficient (Wildman–Crippen LogP) is 4.47. The lowest BCUT2D eigenvalue weighted by atomic mass is 10.4. The minimum atomic E-state index is -4.56. The summed E-state index contributed by atoms with van der Waals surface area (Å²) in [6, 6.07) is 10.7. The number of benzene rings is 1. The van der Waals surface area contributed by atoms with E-state index in [1.54, 1.807) is 0 Å². The van der Waals surface area contributed by atoms with Gasteiger partial charge in [0.15, 0.2) is 0 Å². The lowest BCUT2D eigenvalue weighted by Gasteiger charge is -2.11.